The van der Waals surface area contributed by atoms with Gasteiger partial charge in [0.2, 0.25) is 0 Å². The summed E-state index contributed by atoms with van der Waals surface area (Å²) in [5.41, 5.74) is 6.60. The molecule has 3 heterocycles. The van der Waals surface area contributed by atoms with Gasteiger partial charge in [-0.15, -0.1) is 11.3 Å². The first-order valence-corrected chi connectivity index (χ1v) is 9.04. The monoisotopic (exact) mass is 344 g/mol. The second kappa shape index (κ2) is 6.45. The Balaban J connectivity index is 1.51. The van der Waals surface area contributed by atoms with Crippen LogP contribution in [0.4, 0.5) is 0 Å². The van der Waals surface area contributed by atoms with E-state index in [1.165, 1.54) is 28.2 Å². The lowest BCUT2D eigenvalue weighted by Crippen LogP contribution is -2.22. The predicted molar refractivity (Wildman–Crippen MR) is 92.7 cm³/mol. The predicted octanol–water partition coefficient (Wildman–Crippen LogP) is 2.96. The van der Waals surface area contributed by atoms with Gasteiger partial charge in [-0.2, -0.15) is 0 Å². The maximum Gasteiger partial charge on any atom is 0.258 e. The smallest absolute Gasteiger partial charge is 0.258 e. The molecule has 1 aromatic heterocycles. The van der Waals surface area contributed by atoms with Gasteiger partial charge in [0.15, 0.2) is 11.5 Å². The van der Waals surface area contributed by atoms with E-state index in [4.69, 9.17) is 15.2 Å². The van der Waals surface area contributed by atoms with E-state index in [9.17, 15) is 4.79 Å². The highest BCUT2D eigenvalue weighted by Gasteiger charge is 2.28. The van der Waals surface area contributed by atoms with Crippen molar-refractivity contribution in [3.8, 4) is 11.5 Å². The van der Waals surface area contributed by atoms with Gasteiger partial charge in [-0.1, -0.05) is 6.07 Å². The quantitative estimate of drug-likeness (QED) is 0.926. The number of ether oxygens (including phenoxy) is 2. The molecule has 1 amide bonds. The van der Waals surface area contributed by atoms with Crippen molar-refractivity contribution in [1.82, 2.24) is 4.90 Å². The van der Waals surface area contributed by atoms with Crippen molar-refractivity contribution < 1.29 is 14.3 Å². The molecule has 24 heavy (non-hydrogen) atoms. The molecule has 6 heteroatoms. The number of nitrogens with two attached hydrogens (primary N) is 1. The first-order chi connectivity index (χ1) is 11.7. The number of likely N-dealkylation sites (tertiary alicyclic amines) is 1. The van der Waals surface area contributed by atoms with Crippen LogP contribution in [0.3, 0.4) is 0 Å². The molecule has 1 saturated heterocycles. The summed E-state index contributed by atoms with van der Waals surface area (Å²) >= 11 is 1.51. The van der Waals surface area contributed by atoms with Gasteiger partial charge in [-0.25, -0.2) is 0 Å². The molecule has 1 aromatic carbocycles. The van der Waals surface area contributed by atoms with Crippen molar-refractivity contribution in [1.29, 1.82) is 0 Å². The number of amides is 1. The number of fused-ring (bicyclic) bond motifs is 1. The van der Waals surface area contributed by atoms with Gasteiger partial charge in [0.05, 0.1) is 4.88 Å². The number of nitrogens with zero attached hydrogens (tertiary/aromatic N) is 1. The van der Waals surface area contributed by atoms with Crippen LogP contribution in [0.15, 0.2) is 30.3 Å². The molecule has 0 aliphatic carbocycles. The van der Waals surface area contributed by atoms with Crippen LogP contribution < -0.4 is 15.2 Å². The minimum Gasteiger partial charge on any atom is -0.486 e. The van der Waals surface area contributed by atoms with Crippen molar-refractivity contribution in [2.75, 3.05) is 19.8 Å². The van der Waals surface area contributed by atoms with Gasteiger partial charge < -0.3 is 15.2 Å². The van der Waals surface area contributed by atoms with Crippen molar-refractivity contribution in [3.63, 3.8) is 0 Å². The van der Waals surface area contributed by atoms with Crippen LogP contribution in [-0.2, 0) is 6.54 Å². The summed E-state index contributed by atoms with van der Waals surface area (Å²) in [6.45, 7) is 3.14. The van der Waals surface area contributed by atoms with Gasteiger partial charge >= 0.3 is 0 Å². The lowest BCUT2D eigenvalue weighted by atomic mass is 10.1. The molecule has 2 aliphatic heterocycles. The standard InChI is InChI=1S/C18H20N2O3S/c19-18(21)17-6-5-16(24-17)13-2-1-7-20(13)11-12-3-4-14-15(10-12)23-9-8-22-14/h3-6,10,13H,1-2,7-9,11H2,(H2,19,21)/t13-/m0/s1. The highest BCUT2D eigenvalue weighted by molar-refractivity contribution is 7.14. The summed E-state index contributed by atoms with van der Waals surface area (Å²) in [6, 6.07) is 10.4. The third kappa shape index (κ3) is 2.99. The summed E-state index contributed by atoms with van der Waals surface area (Å²) in [5.74, 6) is 1.32. The summed E-state index contributed by atoms with van der Waals surface area (Å²) < 4.78 is 11.3. The molecule has 4 rings (SSSR count). The zero-order valence-corrected chi connectivity index (χ0v) is 14.2. The van der Waals surface area contributed by atoms with Crippen LogP contribution in [0.1, 0.15) is 39.0 Å². The molecule has 0 bridgehead atoms. The van der Waals surface area contributed by atoms with Crippen molar-refractivity contribution in [3.05, 3.63) is 45.6 Å². The molecule has 2 aromatic rings. The van der Waals surface area contributed by atoms with Gasteiger partial charge in [0, 0.05) is 17.5 Å². The van der Waals surface area contributed by atoms with Crippen molar-refractivity contribution >= 4 is 17.2 Å². The fourth-order valence-electron chi connectivity index (χ4n) is 3.42. The third-order valence-electron chi connectivity index (χ3n) is 4.55. The second-order valence-electron chi connectivity index (χ2n) is 6.17. The highest BCUT2D eigenvalue weighted by atomic mass is 32.1. The average Bonchev–Trinajstić information content (AvgIpc) is 3.23. The zero-order chi connectivity index (χ0) is 16.5. The number of hydrogen-bond donors (Lipinski definition) is 1. The summed E-state index contributed by atoms with van der Waals surface area (Å²) in [5, 5.41) is 0. The van der Waals surface area contributed by atoms with Crippen LogP contribution in [0.2, 0.25) is 0 Å². The van der Waals surface area contributed by atoms with E-state index in [0.29, 0.717) is 24.1 Å². The fourth-order valence-corrected chi connectivity index (χ4v) is 4.45. The van der Waals surface area contributed by atoms with E-state index in [1.807, 2.05) is 18.2 Å². The van der Waals surface area contributed by atoms with Crippen LogP contribution in [-0.4, -0.2) is 30.6 Å². The maximum atomic E-state index is 11.3. The summed E-state index contributed by atoms with van der Waals surface area (Å²) in [6.07, 6.45) is 2.28. The molecule has 2 N–H and O–H groups in total. The van der Waals surface area contributed by atoms with E-state index < -0.39 is 0 Å². The Morgan fingerprint density at radius 3 is 2.83 bits per heavy atom. The van der Waals surface area contributed by atoms with Crippen LogP contribution in [0, 0.1) is 0 Å². The number of benzene rings is 1. The largest absolute Gasteiger partial charge is 0.486 e. The Bertz CT molecular complexity index is 758. The number of primary amides is 1. The van der Waals surface area contributed by atoms with E-state index in [0.717, 1.165) is 31.0 Å². The van der Waals surface area contributed by atoms with E-state index in [2.05, 4.69) is 17.0 Å². The number of carbonyl (C=O) groups is 1. The van der Waals surface area contributed by atoms with Crippen LogP contribution in [0.25, 0.3) is 0 Å². The average molecular weight is 344 g/mol. The molecular formula is C18H20N2O3S. The molecular weight excluding hydrogens is 324 g/mol. The van der Waals surface area contributed by atoms with Crippen molar-refractivity contribution in [2.45, 2.75) is 25.4 Å². The number of rotatable bonds is 4. The second-order valence-corrected chi connectivity index (χ2v) is 7.29. The van der Waals surface area contributed by atoms with E-state index in [-0.39, 0.29) is 5.91 Å². The van der Waals surface area contributed by atoms with Crippen LogP contribution >= 0.6 is 11.3 Å². The molecule has 0 saturated carbocycles. The third-order valence-corrected chi connectivity index (χ3v) is 5.76. The minimum atomic E-state index is -0.345. The summed E-state index contributed by atoms with van der Waals surface area (Å²) in [7, 11) is 0. The molecule has 1 fully saturated rings. The fraction of sp³-hybridized carbons (Fsp3) is 0.389. The normalized spacial score (nSPS) is 20.2. The van der Waals surface area contributed by atoms with Gasteiger partial charge in [-0.3, -0.25) is 9.69 Å². The van der Waals surface area contributed by atoms with Crippen LogP contribution in [0.5, 0.6) is 11.5 Å². The first-order valence-electron chi connectivity index (χ1n) is 8.23. The first kappa shape index (κ1) is 15.5. The molecule has 2 aliphatic rings. The van der Waals surface area contributed by atoms with E-state index >= 15 is 0 Å². The lowest BCUT2D eigenvalue weighted by molar-refractivity contribution is 0.100. The Hall–Kier alpha value is -2.05. The molecule has 0 spiro atoms. The Morgan fingerprint density at radius 1 is 1.21 bits per heavy atom. The Labute approximate surface area is 145 Å². The van der Waals surface area contributed by atoms with Crippen molar-refractivity contribution in [2.24, 2.45) is 5.73 Å². The molecule has 0 unspecified atom stereocenters. The lowest BCUT2D eigenvalue weighted by Gasteiger charge is -2.25. The Kier molecular flexibility index (Phi) is 4.16. The molecule has 126 valence electrons. The highest BCUT2D eigenvalue weighted by Crippen LogP contribution is 2.38. The summed E-state index contributed by atoms with van der Waals surface area (Å²) in [4.78, 5) is 15.6. The van der Waals surface area contributed by atoms with Gasteiger partial charge in [0.25, 0.3) is 5.91 Å². The molecule has 1 atom stereocenters. The van der Waals surface area contributed by atoms with E-state index in [1.54, 1.807) is 0 Å². The topological polar surface area (TPSA) is 64.8 Å². The maximum absolute atomic E-state index is 11.3. The SMILES string of the molecule is NC(=O)c1ccc([C@@H]2CCCN2Cc2ccc3c(c2)OCCO3)s1. The minimum absolute atomic E-state index is 0.345. The molecule has 5 nitrogen and oxygen atoms in total. The molecule has 0 radical (unpaired) electrons. The number of hydrogen-bond acceptors (Lipinski definition) is 5. The Morgan fingerprint density at radius 2 is 2.04 bits per heavy atom. The number of thiophene rings is 1. The van der Waals surface area contributed by atoms with Gasteiger partial charge in [-0.05, 0) is 49.2 Å². The van der Waals surface area contributed by atoms with Gasteiger partial charge in [0.1, 0.15) is 13.2 Å². The zero-order valence-electron chi connectivity index (χ0n) is 13.4. The number of carbonyl (C=O) groups excluding carboxylic acids is 1.